The lowest BCUT2D eigenvalue weighted by atomic mass is 10.0. The first-order valence-electron chi connectivity index (χ1n) is 9.57. The average Bonchev–Trinajstić information content (AvgIpc) is 3.34. The zero-order chi connectivity index (χ0) is 20.7. The molecule has 0 aliphatic carbocycles. The molecule has 1 aromatic carbocycles. The van der Waals surface area contributed by atoms with Crippen LogP contribution in [-0.4, -0.2) is 15.3 Å². The summed E-state index contributed by atoms with van der Waals surface area (Å²) in [6.07, 6.45) is 0.842. The van der Waals surface area contributed by atoms with E-state index in [2.05, 4.69) is 11.9 Å². The molecule has 4 nitrogen and oxygen atoms in total. The summed E-state index contributed by atoms with van der Waals surface area (Å²) in [5.41, 5.74) is 3.68. The van der Waals surface area contributed by atoms with E-state index in [0.717, 1.165) is 37.7 Å². The topological polar surface area (TPSA) is 52.0 Å². The molecule has 0 spiro atoms. The van der Waals surface area contributed by atoms with E-state index >= 15 is 0 Å². The molecule has 0 fully saturated rings. The summed E-state index contributed by atoms with van der Waals surface area (Å²) < 4.78 is 1.52. The zero-order valence-electron chi connectivity index (χ0n) is 16.9. The van der Waals surface area contributed by atoms with Crippen LogP contribution in [0.5, 0.6) is 0 Å². The van der Waals surface area contributed by atoms with Crippen LogP contribution >= 0.6 is 22.7 Å². The molecule has 0 aliphatic rings. The van der Waals surface area contributed by atoms with Gasteiger partial charge in [0.1, 0.15) is 10.7 Å². The summed E-state index contributed by atoms with van der Waals surface area (Å²) in [6, 6.07) is 9.69. The third-order valence-corrected chi connectivity index (χ3v) is 7.41. The SMILES string of the molecule is CCc1sc2nc(C)n(CC(=O)c3ccc(C)c(C)c3)c(=O)c2c1-c1cccs1. The van der Waals surface area contributed by atoms with Crippen molar-refractivity contribution in [1.82, 2.24) is 9.55 Å². The Morgan fingerprint density at radius 3 is 2.59 bits per heavy atom. The first-order chi connectivity index (χ1) is 13.9. The van der Waals surface area contributed by atoms with Crippen molar-refractivity contribution in [3.63, 3.8) is 0 Å². The lowest BCUT2D eigenvalue weighted by Crippen LogP contribution is -2.27. The monoisotopic (exact) mass is 422 g/mol. The Labute approximate surface area is 177 Å². The number of thiophene rings is 2. The van der Waals surface area contributed by atoms with Crippen molar-refractivity contribution in [2.24, 2.45) is 0 Å². The van der Waals surface area contributed by atoms with Gasteiger partial charge in [-0.15, -0.1) is 22.7 Å². The van der Waals surface area contributed by atoms with Crippen LogP contribution in [0.2, 0.25) is 0 Å². The Bertz CT molecular complexity index is 1280. The van der Waals surface area contributed by atoms with Gasteiger partial charge >= 0.3 is 0 Å². The van der Waals surface area contributed by atoms with Crippen molar-refractivity contribution in [2.75, 3.05) is 0 Å². The van der Waals surface area contributed by atoms with E-state index in [0.29, 0.717) is 16.8 Å². The third-order valence-electron chi connectivity index (χ3n) is 5.29. The molecule has 0 radical (unpaired) electrons. The molecule has 3 aromatic heterocycles. The molecule has 0 amide bonds. The van der Waals surface area contributed by atoms with Gasteiger partial charge in [-0.1, -0.05) is 25.1 Å². The minimum absolute atomic E-state index is 0.00269. The predicted octanol–water partition coefficient (Wildman–Crippen LogP) is 5.56. The van der Waals surface area contributed by atoms with Gasteiger partial charge in [0.25, 0.3) is 5.56 Å². The largest absolute Gasteiger partial charge is 0.292 e. The summed E-state index contributed by atoms with van der Waals surface area (Å²) in [4.78, 5) is 34.0. The van der Waals surface area contributed by atoms with Crippen LogP contribution in [0.3, 0.4) is 0 Å². The van der Waals surface area contributed by atoms with Crippen molar-refractivity contribution >= 4 is 38.7 Å². The van der Waals surface area contributed by atoms with Crippen LogP contribution in [0.1, 0.15) is 39.1 Å². The quantitative estimate of drug-likeness (QED) is 0.396. The number of fused-ring (bicyclic) bond motifs is 1. The molecule has 0 atom stereocenters. The molecule has 29 heavy (non-hydrogen) atoms. The van der Waals surface area contributed by atoms with Crippen molar-refractivity contribution in [2.45, 2.75) is 40.7 Å². The maximum absolute atomic E-state index is 13.5. The Balaban J connectivity index is 1.85. The number of nitrogens with zero attached hydrogens (tertiary/aromatic N) is 2. The normalized spacial score (nSPS) is 11.3. The standard InChI is InChI=1S/C23H22N2O2S2/c1-5-18-20(19-7-6-10-28-19)21-22(29-18)24-15(4)25(23(21)27)12-17(26)16-9-8-13(2)14(3)11-16/h6-11H,5,12H2,1-4H3. The van der Waals surface area contributed by atoms with Crippen molar-refractivity contribution < 1.29 is 4.79 Å². The van der Waals surface area contributed by atoms with Gasteiger partial charge < -0.3 is 0 Å². The maximum Gasteiger partial charge on any atom is 0.263 e. The van der Waals surface area contributed by atoms with Gasteiger partial charge in [-0.3, -0.25) is 14.2 Å². The maximum atomic E-state index is 13.5. The van der Waals surface area contributed by atoms with Crippen LogP contribution in [0, 0.1) is 20.8 Å². The van der Waals surface area contributed by atoms with Gasteiger partial charge in [0.15, 0.2) is 5.78 Å². The molecule has 3 heterocycles. The van der Waals surface area contributed by atoms with Crippen molar-refractivity contribution in [3.05, 3.63) is 73.5 Å². The lowest BCUT2D eigenvalue weighted by Gasteiger charge is -2.10. The molecule has 0 bridgehead atoms. The minimum atomic E-state index is -0.135. The Morgan fingerprint density at radius 2 is 1.93 bits per heavy atom. The molecular weight excluding hydrogens is 400 g/mol. The van der Waals surface area contributed by atoms with Crippen LogP contribution < -0.4 is 5.56 Å². The summed E-state index contributed by atoms with van der Waals surface area (Å²) in [6.45, 7) is 7.89. The highest BCUT2D eigenvalue weighted by Crippen LogP contribution is 2.38. The summed E-state index contributed by atoms with van der Waals surface area (Å²) >= 11 is 3.20. The van der Waals surface area contributed by atoms with E-state index in [9.17, 15) is 9.59 Å². The van der Waals surface area contributed by atoms with Gasteiger partial charge in [-0.25, -0.2) is 4.98 Å². The van der Waals surface area contributed by atoms with Crippen molar-refractivity contribution in [3.8, 4) is 10.4 Å². The number of carbonyl (C=O) groups is 1. The fourth-order valence-corrected chi connectivity index (χ4v) is 5.53. The number of aromatic nitrogens is 2. The summed E-state index contributed by atoms with van der Waals surface area (Å²) in [5, 5.41) is 2.65. The summed E-state index contributed by atoms with van der Waals surface area (Å²) in [7, 11) is 0. The number of aryl methyl sites for hydroxylation is 4. The number of Topliss-reactive ketones (excluding diaryl/α,β-unsaturated/α-hetero) is 1. The highest BCUT2D eigenvalue weighted by Gasteiger charge is 2.21. The van der Waals surface area contributed by atoms with Gasteiger partial charge in [-0.2, -0.15) is 0 Å². The Kier molecular flexibility index (Phi) is 5.23. The highest BCUT2D eigenvalue weighted by molar-refractivity contribution is 7.20. The van der Waals surface area contributed by atoms with E-state index in [1.54, 1.807) is 29.6 Å². The van der Waals surface area contributed by atoms with Crippen molar-refractivity contribution in [1.29, 1.82) is 0 Å². The molecular formula is C23H22N2O2S2. The molecule has 0 saturated heterocycles. The minimum Gasteiger partial charge on any atom is -0.292 e. The van der Waals surface area contributed by atoms with E-state index in [1.165, 1.54) is 4.57 Å². The molecule has 0 N–H and O–H groups in total. The van der Waals surface area contributed by atoms with Crippen LogP contribution in [0.15, 0.2) is 40.5 Å². The van der Waals surface area contributed by atoms with Gasteiger partial charge in [0, 0.05) is 20.9 Å². The van der Waals surface area contributed by atoms with E-state index in [1.807, 2.05) is 49.6 Å². The predicted molar refractivity (Wildman–Crippen MR) is 122 cm³/mol. The fraction of sp³-hybridized carbons (Fsp3) is 0.261. The molecule has 0 aliphatic heterocycles. The van der Waals surface area contributed by atoms with Crippen LogP contribution in [-0.2, 0) is 13.0 Å². The third kappa shape index (κ3) is 3.47. The Hall–Kier alpha value is -2.57. The number of benzene rings is 1. The number of ketones is 1. The molecule has 4 aromatic rings. The number of carbonyl (C=O) groups excluding carboxylic acids is 1. The second-order valence-electron chi connectivity index (χ2n) is 7.18. The smallest absolute Gasteiger partial charge is 0.263 e. The molecule has 0 unspecified atom stereocenters. The molecule has 0 saturated carbocycles. The Morgan fingerprint density at radius 1 is 1.14 bits per heavy atom. The first kappa shape index (κ1) is 19.7. The van der Waals surface area contributed by atoms with E-state index < -0.39 is 0 Å². The first-order valence-corrected chi connectivity index (χ1v) is 11.3. The van der Waals surface area contributed by atoms with Gasteiger partial charge in [-0.05, 0) is 55.8 Å². The zero-order valence-corrected chi connectivity index (χ0v) is 18.5. The second kappa shape index (κ2) is 7.69. The summed E-state index contributed by atoms with van der Waals surface area (Å²) in [5.74, 6) is 0.490. The van der Waals surface area contributed by atoms with Gasteiger partial charge in [0.2, 0.25) is 0 Å². The van der Waals surface area contributed by atoms with Gasteiger partial charge in [0.05, 0.1) is 11.9 Å². The second-order valence-corrected chi connectivity index (χ2v) is 9.22. The van der Waals surface area contributed by atoms with Crippen LogP contribution in [0.25, 0.3) is 20.7 Å². The number of hydrogen-bond acceptors (Lipinski definition) is 5. The van der Waals surface area contributed by atoms with Crippen LogP contribution in [0.4, 0.5) is 0 Å². The van der Waals surface area contributed by atoms with E-state index in [-0.39, 0.29) is 17.9 Å². The highest BCUT2D eigenvalue weighted by atomic mass is 32.1. The lowest BCUT2D eigenvalue weighted by molar-refractivity contribution is 0.0969. The molecule has 6 heteroatoms. The molecule has 148 valence electrons. The molecule has 4 rings (SSSR count). The number of rotatable bonds is 5. The fourth-order valence-electron chi connectivity index (χ4n) is 3.50. The van der Waals surface area contributed by atoms with E-state index in [4.69, 9.17) is 0 Å². The average molecular weight is 423 g/mol. The number of hydrogen-bond donors (Lipinski definition) is 0.